The van der Waals surface area contributed by atoms with Crippen molar-refractivity contribution in [3.8, 4) is 0 Å². The van der Waals surface area contributed by atoms with Crippen LogP contribution in [0.2, 0.25) is 0 Å². The summed E-state index contributed by atoms with van der Waals surface area (Å²) in [6, 6.07) is 0. The second-order valence-electron chi connectivity index (χ2n) is 2.48. The molecule has 3 nitrogen and oxygen atoms in total. The Hall–Kier alpha value is -0.120. The largest absolute Gasteiger partial charge is 0.393 e. The molecule has 0 aromatic rings. The van der Waals surface area contributed by atoms with Crippen LogP contribution in [0.15, 0.2) is 0 Å². The Labute approximate surface area is 62.6 Å². The number of likely N-dealkylation sites (N-methyl/N-ethyl adjacent to an activating group) is 1. The number of aliphatic hydroxyl groups is 1. The number of hydrogen-bond donors (Lipinski definition) is 3. The molecule has 0 aromatic heterocycles. The third-order valence-corrected chi connectivity index (χ3v) is 1.47. The first-order valence-electron chi connectivity index (χ1n) is 3.84. The molecule has 0 atom stereocenters. The normalized spacial score (nSPS) is 17.1. The summed E-state index contributed by atoms with van der Waals surface area (Å²) in [6.45, 7) is 1.65. The second-order valence-corrected chi connectivity index (χ2v) is 2.48. The summed E-state index contributed by atoms with van der Waals surface area (Å²) in [6.07, 6.45) is 3.39. The average Bonchev–Trinajstić information content (AvgIpc) is 1.87. The summed E-state index contributed by atoms with van der Waals surface area (Å²) in [5.74, 6) is 0. The summed E-state index contributed by atoms with van der Waals surface area (Å²) < 4.78 is 0. The molecule has 10 heavy (non-hydrogen) atoms. The number of hydrogen-bond acceptors (Lipinski definition) is 3. The van der Waals surface area contributed by atoms with Gasteiger partial charge in [-0.15, -0.1) is 0 Å². The molecule has 1 saturated carbocycles. The zero-order valence-corrected chi connectivity index (χ0v) is 6.64. The Morgan fingerprint density at radius 1 is 1.60 bits per heavy atom. The highest BCUT2D eigenvalue weighted by Gasteiger charge is 2.11. The standard InChI is InChI=1S/C4H8O.C3H10N2/c5-4-2-1-3-4;1-5-3-2-4/h4-5H,1-3H2;5H,2-4H2,1H3. The van der Waals surface area contributed by atoms with Crippen molar-refractivity contribution in [2.24, 2.45) is 5.73 Å². The Morgan fingerprint density at radius 3 is 2.10 bits per heavy atom. The smallest absolute Gasteiger partial charge is 0.0540 e. The number of aliphatic hydroxyl groups excluding tert-OH is 1. The van der Waals surface area contributed by atoms with E-state index in [0.717, 1.165) is 25.9 Å². The molecule has 0 bridgehead atoms. The Morgan fingerprint density at radius 2 is 2.10 bits per heavy atom. The number of nitrogens with two attached hydrogens (primary N) is 1. The highest BCUT2D eigenvalue weighted by atomic mass is 16.3. The van der Waals surface area contributed by atoms with Gasteiger partial charge < -0.3 is 16.2 Å². The van der Waals surface area contributed by atoms with Crippen molar-refractivity contribution in [3.63, 3.8) is 0 Å². The Bertz CT molecular complexity index is 62.6. The maximum atomic E-state index is 8.45. The lowest BCUT2D eigenvalue weighted by atomic mass is 9.97. The van der Waals surface area contributed by atoms with E-state index < -0.39 is 0 Å². The lowest BCUT2D eigenvalue weighted by molar-refractivity contribution is 0.0950. The third-order valence-electron chi connectivity index (χ3n) is 1.47. The maximum Gasteiger partial charge on any atom is 0.0540 e. The van der Waals surface area contributed by atoms with Crippen molar-refractivity contribution in [1.82, 2.24) is 5.32 Å². The van der Waals surface area contributed by atoms with Crippen LogP contribution < -0.4 is 11.1 Å². The lowest BCUT2D eigenvalue weighted by Gasteiger charge is -2.17. The molecule has 0 saturated heterocycles. The van der Waals surface area contributed by atoms with E-state index in [0.29, 0.717) is 0 Å². The van der Waals surface area contributed by atoms with E-state index in [1.807, 2.05) is 7.05 Å². The van der Waals surface area contributed by atoms with Crippen LogP contribution in [0.25, 0.3) is 0 Å². The molecular formula is C7H18N2O. The molecule has 3 heteroatoms. The van der Waals surface area contributed by atoms with Gasteiger partial charge in [0.05, 0.1) is 6.10 Å². The van der Waals surface area contributed by atoms with Crippen LogP contribution in [0.4, 0.5) is 0 Å². The predicted molar refractivity (Wildman–Crippen MR) is 42.8 cm³/mol. The van der Waals surface area contributed by atoms with Crippen LogP contribution in [0.1, 0.15) is 19.3 Å². The van der Waals surface area contributed by atoms with Crippen LogP contribution in [0, 0.1) is 0 Å². The van der Waals surface area contributed by atoms with Crippen LogP contribution in [-0.4, -0.2) is 31.3 Å². The van der Waals surface area contributed by atoms with Gasteiger partial charge in [0, 0.05) is 13.1 Å². The molecule has 0 radical (unpaired) electrons. The fraction of sp³-hybridized carbons (Fsp3) is 1.00. The van der Waals surface area contributed by atoms with Gasteiger partial charge in [-0.05, 0) is 26.3 Å². The van der Waals surface area contributed by atoms with Crippen molar-refractivity contribution in [2.45, 2.75) is 25.4 Å². The van der Waals surface area contributed by atoms with Gasteiger partial charge in [0.2, 0.25) is 0 Å². The van der Waals surface area contributed by atoms with Crippen molar-refractivity contribution in [2.75, 3.05) is 20.1 Å². The molecule has 4 N–H and O–H groups in total. The second kappa shape index (κ2) is 6.99. The molecule has 0 aromatic carbocycles. The highest BCUT2D eigenvalue weighted by Crippen LogP contribution is 2.16. The maximum absolute atomic E-state index is 8.45. The number of rotatable bonds is 2. The monoisotopic (exact) mass is 146 g/mol. The molecule has 1 rings (SSSR count). The van der Waals surface area contributed by atoms with E-state index >= 15 is 0 Å². The molecule has 1 aliphatic carbocycles. The van der Waals surface area contributed by atoms with E-state index in [9.17, 15) is 0 Å². The van der Waals surface area contributed by atoms with Crippen LogP contribution in [0.3, 0.4) is 0 Å². The van der Waals surface area contributed by atoms with Crippen molar-refractivity contribution in [1.29, 1.82) is 0 Å². The zero-order chi connectivity index (χ0) is 7.82. The molecule has 62 valence electrons. The minimum absolute atomic E-state index is 0.0648. The summed E-state index contributed by atoms with van der Waals surface area (Å²) in [5.41, 5.74) is 5.08. The lowest BCUT2D eigenvalue weighted by Crippen LogP contribution is -2.17. The van der Waals surface area contributed by atoms with E-state index in [-0.39, 0.29) is 6.10 Å². The fourth-order valence-corrected chi connectivity index (χ4v) is 0.531. The van der Waals surface area contributed by atoms with Crippen molar-refractivity contribution >= 4 is 0 Å². The fourth-order valence-electron chi connectivity index (χ4n) is 0.531. The third kappa shape index (κ3) is 6.01. The van der Waals surface area contributed by atoms with Gasteiger partial charge in [-0.25, -0.2) is 0 Å². The number of nitrogens with one attached hydrogen (secondary N) is 1. The van der Waals surface area contributed by atoms with Gasteiger partial charge in [-0.2, -0.15) is 0 Å². The summed E-state index contributed by atoms with van der Waals surface area (Å²) in [5, 5.41) is 11.3. The molecular weight excluding hydrogens is 128 g/mol. The molecule has 0 spiro atoms. The molecule has 1 fully saturated rings. The average molecular weight is 146 g/mol. The van der Waals surface area contributed by atoms with Gasteiger partial charge >= 0.3 is 0 Å². The Kier molecular flexibility index (Phi) is 6.91. The first kappa shape index (κ1) is 9.88. The van der Waals surface area contributed by atoms with E-state index in [2.05, 4.69) is 5.32 Å². The van der Waals surface area contributed by atoms with E-state index in [1.54, 1.807) is 0 Å². The first-order chi connectivity index (χ1) is 4.81. The topological polar surface area (TPSA) is 58.3 Å². The van der Waals surface area contributed by atoms with Crippen LogP contribution in [0.5, 0.6) is 0 Å². The van der Waals surface area contributed by atoms with Crippen molar-refractivity contribution in [3.05, 3.63) is 0 Å². The first-order valence-corrected chi connectivity index (χ1v) is 3.84. The summed E-state index contributed by atoms with van der Waals surface area (Å²) in [4.78, 5) is 0. The van der Waals surface area contributed by atoms with Gasteiger partial charge in [-0.3, -0.25) is 0 Å². The quantitative estimate of drug-likeness (QED) is 0.501. The predicted octanol–water partition coefficient (Wildman–Crippen LogP) is -0.304. The van der Waals surface area contributed by atoms with Crippen LogP contribution >= 0.6 is 0 Å². The zero-order valence-electron chi connectivity index (χ0n) is 6.64. The molecule has 0 heterocycles. The minimum Gasteiger partial charge on any atom is -0.393 e. The molecule has 1 aliphatic rings. The van der Waals surface area contributed by atoms with Gasteiger partial charge in [0.15, 0.2) is 0 Å². The van der Waals surface area contributed by atoms with Crippen LogP contribution in [-0.2, 0) is 0 Å². The molecule has 0 amide bonds. The summed E-state index contributed by atoms with van der Waals surface area (Å²) >= 11 is 0. The minimum atomic E-state index is 0.0648. The summed E-state index contributed by atoms with van der Waals surface area (Å²) in [7, 11) is 1.88. The van der Waals surface area contributed by atoms with Gasteiger partial charge in [0.1, 0.15) is 0 Å². The molecule has 0 unspecified atom stereocenters. The SMILES string of the molecule is CNCCN.OC1CCC1. The molecule has 0 aliphatic heterocycles. The highest BCUT2D eigenvalue weighted by molar-refractivity contribution is 4.65. The Balaban J connectivity index is 0.000000162. The van der Waals surface area contributed by atoms with E-state index in [1.165, 1.54) is 6.42 Å². The van der Waals surface area contributed by atoms with Crippen molar-refractivity contribution < 1.29 is 5.11 Å². The van der Waals surface area contributed by atoms with E-state index in [4.69, 9.17) is 10.8 Å². The van der Waals surface area contributed by atoms with Gasteiger partial charge in [0.25, 0.3) is 0 Å². The van der Waals surface area contributed by atoms with Gasteiger partial charge in [-0.1, -0.05) is 0 Å².